The molecule has 3 aromatic rings. The first kappa shape index (κ1) is 13.3. The zero-order valence-corrected chi connectivity index (χ0v) is 12.8. The van der Waals surface area contributed by atoms with Gasteiger partial charge in [-0.25, -0.2) is 0 Å². The molecule has 0 spiro atoms. The molecule has 3 heteroatoms. The fraction of sp³-hybridized carbons (Fsp3) is 0.263. The highest BCUT2D eigenvalue weighted by Gasteiger charge is 2.37. The van der Waals surface area contributed by atoms with Crippen LogP contribution >= 0.6 is 0 Å². The van der Waals surface area contributed by atoms with Crippen LogP contribution in [0, 0.1) is 0 Å². The minimum absolute atomic E-state index is 0.160. The van der Waals surface area contributed by atoms with Crippen LogP contribution in [0.25, 0.3) is 10.9 Å². The molecular formula is C19H18N2O. The SMILES string of the molecule is CC1(C)CC(n2cc3cc(C=O)ccc3n2)c2ccccc21. The standard InChI is InChI=1S/C19H18N2O/c1-19(2)10-18(15-5-3-4-6-16(15)19)21-11-14-9-13(12-22)7-8-17(14)20-21/h3-9,11-12,18H,10H2,1-2H3. The summed E-state index contributed by atoms with van der Waals surface area (Å²) in [5, 5.41) is 5.76. The van der Waals surface area contributed by atoms with Crippen LogP contribution in [0.1, 0.15) is 47.8 Å². The molecule has 0 fully saturated rings. The second-order valence-electron chi connectivity index (χ2n) is 6.74. The fourth-order valence-corrected chi connectivity index (χ4v) is 3.64. The molecule has 110 valence electrons. The van der Waals surface area contributed by atoms with E-state index in [1.807, 2.05) is 18.2 Å². The molecule has 0 N–H and O–H groups in total. The van der Waals surface area contributed by atoms with Gasteiger partial charge in [0.1, 0.15) is 6.29 Å². The van der Waals surface area contributed by atoms with Crippen molar-refractivity contribution in [2.45, 2.75) is 31.7 Å². The number of carbonyl (C=O) groups excluding carboxylic acids is 1. The van der Waals surface area contributed by atoms with Crippen molar-refractivity contribution in [2.75, 3.05) is 0 Å². The Kier molecular flexibility index (Phi) is 2.73. The quantitative estimate of drug-likeness (QED) is 0.665. The lowest BCUT2D eigenvalue weighted by Crippen LogP contribution is -2.14. The lowest BCUT2D eigenvalue weighted by molar-refractivity contribution is 0.112. The van der Waals surface area contributed by atoms with Crippen molar-refractivity contribution in [3.8, 4) is 0 Å². The molecule has 22 heavy (non-hydrogen) atoms. The Morgan fingerprint density at radius 2 is 2.05 bits per heavy atom. The van der Waals surface area contributed by atoms with E-state index in [2.05, 4.69) is 49.0 Å². The number of nitrogens with zero attached hydrogens (tertiary/aromatic N) is 2. The van der Waals surface area contributed by atoms with Crippen LogP contribution in [0.15, 0.2) is 48.7 Å². The molecule has 0 radical (unpaired) electrons. The van der Waals surface area contributed by atoms with Crippen molar-refractivity contribution in [3.63, 3.8) is 0 Å². The van der Waals surface area contributed by atoms with E-state index in [-0.39, 0.29) is 11.5 Å². The van der Waals surface area contributed by atoms with Crippen LogP contribution in [0.3, 0.4) is 0 Å². The number of hydrogen-bond donors (Lipinski definition) is 0. The maximum Gasteiger partial charge on any atom is 0.150 e. The Labute approximate surface area is 129 Å². The summed E-state index contributed by atoms with van der Waals surface area (Å²) in [5.74, 6) is 0. The minimum atomic E-state index is 0.160. The molecule has 0 saturated heterocycles. The van der Waals surface area contributed by atoms with E-state index in [1.54, 1.807) is 0 Å². The summed E-state index contributed by atoms with van der Waals surface area (Å²) >= 11 is 0. The first-order valence-corrected chi connectivity index (χ1v) is 7.62. The highest BCUT2D eigenvalue weighted by atomic mass is 16.1. The smallest absolute Gasteiger partial charge is 0.150 e. The third kappa shape index (κ3) is 1.89. The first-order chi connectivity index (χ1) is 10.6. The van der Waals surface area contributed by atoms with Gasteiger partial charge in [-0.15, -0.1) is 0 Å². The third-order valence-electron chi connectivity index (χ3n) is 4.75. The predicted molar refractivity (Wildman–Crippen MR) is 87.3 cm³/mol. The average Bonchev–Trinajstić information content (AvgIpc) is 3.06. The molecule has 2 aromatic carbocycles. The van der Waals surface area contributed by atoms with Crippen LogP contribution < -0.4 is 0 Å². The van der Waals surface area contributed by atoms with E-state index in [1.165, 1.54) is 11.1 Å². The molecule has 1 aromatic heterocycles. The largest absolute Gasteiger partial charge is 0.298 e. The number of aromatic nitrogens is 2. The van der Waals surface area contributed by atoms with Crippen molar-refractivity contribution in [2.24, 2.45) is 0 Å². The molecule has 0 saturated carbocycles. The molecule has 0 bridgehead atoms. The molecule has 3 nitrogen and oxygen atoms in total. The summed E-state index contributed by atoms with van der Waals surface area (Å²) in [7, 11) is 0. The lowest BCUT2D eigenvalue weighted by Gasteiger charge is -2.19. The molecule has 1 aliphatic rings. The van der Waals surface area contributed by atoms with E-state index >= 15 is 0 Å². The highest BCUT2D eigenvalue weighted by Crippen LogP contribution is 2.46. The summed E-state index contributed by atoms with van der Waals surface area (Å²) in [5.41, 5.74) is 4.56. The fourth-order valence-electron chi connectivity index (χ4n) is 3.64. The third-order valence-corrected chi connectivity index (χ3v) is 4.75. The molecule has 1 aliphatic carbocycles. The van der Waals surface area contributed by atoms with Crippen molar-refractivity contribution in [1.82, 2.24) is 9.78 Å². The van der Waals surface area contributed by atoms with Gasteiger partial charge in [-0.3, -0.25) is 9.48 Å². The Hall–Kier alpha value is -2.42. The maximum absolute atomic E-state index is 10.9. The Balaban J connectivity index is 1.84. The van der Waals surface area contributed by atoms with Gasteiger partial charge in [-0.2, -0.15) is 5.10 Å². The highest BCUT2D eigenvalue weighted by molar-refractivity contribution is 5.86. The average molecular weight is 290 g/mol. The molecule has 1 atom stereocenters. The van der Waals surface area contributed by atoms with Crippen LogP contribution in [-0.2, 0) is 5.41 Å². The van der Waals surface area contributed by atoms with Gasteiger partial charge in [0.15, 0.2) is 0 Å². The number of benzene rings is 2. The van der Waals surface area contributed by atoms with Gasteiger partial charge in [0.05, 0.1) is 11.6 Å². The van der Waals surface area contributed by atoms with Crippen LogP contribution in [0.2, 0.25) is 0 Å². The van der Waals surface area contributed by atoms with E-state index < -0.39 is 0 Å². The molecule has 0 amide bonds. The number of hydrogen-bond acceptors (Lipinski definition) is 2. The normalized spacial score (nSPS) is 19.3. The zero-order chi connectivity index (χ0) is 15.3. The topological polar surface area (TPSA) is 34.9 Å². The summed E-state index contributed by atoms with van der Waals surface area (Å²) in [6, 6.07) is 14.5. The van der Waals surface area contributed by atoms with E-state index in [0.717, 1.165) is 23.6 Å². The predicted octanol–water partition coefficient (Wildman–Crippen LogP) is 4.12. The molecule has 0 aliphatic heterocycles. The molecule has 4 rings (SSSR count). The maximum atomic E-state index is 10.9. The van der Waals surface area contributed by atoms with Crippen molar-refractivity contribution in [1.29, 1.82) is 0 Å². The van der Waals surface area contributed by atoms with E-state index in [4.69, 9.17) is 5.10 Å². The van der Waals surface area contributed by atoms with Crippen LogP contribution in [0.4, 0.5) is 0 Å². The number of carbonyl (C=O) groups is 1. The van der Waals surface area contributed by atoms with Crippen molar-refractivity contribution in [3.05, 3.63) is 65.4 Å². The van der Waals surface area contributed by atoms with Gasteiger partial charge in [0.2, 0.25) is 0 Å². The summed E-state index contributed by atoms with van der Waals surface area (Å²) < 4.78 is 2.06. The second-order valence-corrected chi connectivity index (χ2v) is 6.74. The van der Waals surface area contributed by atoms with Crippen LogP contribution in [-0.4, -0.2) is 16.1 Å². The number of rotatable bonds is 2. The van der Waals surface area contributed by atoms with Gasteiger partial charge < -0.3 is 0 Å². The van der Waals surface area contributed by atoms with Gasteiger partial charge in [-0.05, 0) is 41.2 Å². The summed E-state index contributed by atoms with van der Waals surface area (Å²) in [4.78, 5) is 10.9. The number of aldehydes is 1. The van der Waals surface area contributed by atoms with Gasteiger partial charge >= 0.3 is 0 Å². The molecule has 1 heterocycles. The number of fused-ring (bicyclic) bond motifs is 2. The Morgan fingerprint density at radius 3 is 2.86 bits per heavy atom. The molecular weight excluding hydrogens is 272 g/mol. The summed E-state index contributed by atoms with van der Waals surface area (Å²) in [6.07, 6.45) is 3.98. The van der Waals surface area contributed by atoms with E-state index in [9.17, 15) is 4.79 Å². The van der Waals surface area contributed by atoms with Crippen molar-refractivity contribution < 1.29 is 4.79 Å². The zero-order valence-electron chi connectivity index (χ0n) is 12.8. The second kappa shape index (κ2) is 4.54. The monoisotopic (exact) mass is 290 g/mol. The first-order valence-electron chi connectivity index (χ1n) is 7.62. The molecule has 1 unspecified atom stereocenters. The van der Waals surface area contributed by atoms with E-state index in [0.29, 0.717) is 5.56 Å². The Morgan fingerprint density at radius 1 is 1.23 bits per heavy atom. The van der Waals surface area contributed by atoms with Gasteiger partial charge in [-0.1, -0.05) is 38.1 Å². The van der Waals surface area contributed by atoms with Crippen LogP contribution in [0.5, 0.6) is 0 Å². The van der Waals surface area contributed by atoms with Gasteiger partial charge in [0, 0.05) is 17.1 Å². The van der Waals surface area contributed by atoms with Gasteiger partial charge in [0.25, 0.3) is 0 Å². The summed E-state index contributed by atoms with van der Waals surface area (Å²) in [6.45, 7) is 4.58. The lowest BCUT2D eigenvalue weighted by atomic mass is 9.86. The Bertz CT molecular complexity index is 876. The van der Waals surface area contributed by atoms with Crippen molar-refractivity contribution >= 4 is 17.2 Å². The minimum Gasteiger partial charge on any atom is -0.298 e.